The molecule has 0 aliphatic heterocycles. The van der Waals surface area contributed by atoms with Crippen LogP contribution in [-0.2, 0) is 6.54 Å². The van der Waals surface area contributed by atoms with Crippen LogP contribution in [0.1, 0.15) is 16.7 Å². The molecule has 3 rings (SSSR count). The molecule has 0 fully saturated rings. The van der Waals surface area contributed by atoms with Gasteiger partial charge in [0.05, 0.1) is 12.2 Å². The van der Waals surface area contributed by atoms with Crippen LogP contribution in [0.25, 0.3) is 11.3 Å². The van der Waals surface area contributed by atoms with Crippen molar-refractivity contribution in [3.63, 3.8) is 0 Å². The molecule has 0 unspecified atom stereocenters. The molecule has 22 heavy (non-hydrogen) atoms. The van der Waals surface area contributed by atoms with Gasteiger partial charge in [-0.2, -0.15) is 0 Å². The third kappa shape index (κ3) is 3.01. The highest BCUT2D eigenvalue weighted by molar-refractivity contribution is 5.60. The zero-order valence-electron chi connectivity index (χ0n) is 12.9. The quantitative estimate of drug-likeness (QED) is 0.709. The van der Waals surface area contributed by atoms with Crippen molar-refractivity contribution in [3.8, 4) is 11.3 Å². The lowest BCUT2D eigenvalue weighted by molar-refractivity contribution is 0.768. The maximum absolute atomic E-state index is 12.3. The Labute approximate surface area is 130 Å². The minimum atomic E-state index is 0.0265. The van der Waals surface area contributed by atoms with Gasteiger partial charge in [0.25, 0.3) is 5.56 Å². The molecule has 0 amide bonds. The summed E-state index contributed by atoms with van der Waals surface area (Å²) >= 11 is 0. The fourth-order valence-corrected chi connectivity index (χ4v) is 2.54. The lowest BCUT2D eigenvalue weighted by Gasteiger charge is -2.13. The predicted molar refractivity (Wildman–Crippen MR) is 91.2 cm³/mol. The molecule has 0 bridgehead atoms. The average Bonchev–Trinajstić information content (AvgIpc) is 2.52. The van der Waals surface area contributed by atoms with Crippen molar-refractivity contribution in [1.29, 1.82) is 0 Å². The van der Waals surface area contributed by atoms with Crippen LogP contribution in [0.2, 0.25) is 0 Å². The minimum Gasteiger partial charge on any atom is -0.304 e. The van der Waals surface area contributed by atoms with E-state index in [4.69, 9.17) is 0 Å². The Morgan fingerprint density at radius 3 is 2.00 bits per heavy atom. The molecule has 0 N–H and O–H groups in total. The molecule has 110 valence electrons. The molecular formula is C20H19NO. The van der Waals surface area contributed by atoms with Crippen LogP contribution in [0.5, 0.6) is 0 Å². The van der Waals surface area contributed by atoms with E-state index in [-0.39, 0.29) is 5.56 Å². The summed E-state index contributed by atoms with van der Waals surface area (Å²) in [5.74, 6) is 0. The summed E-state index contributed by atoms with van der Waals surface area (Å²) in [5.41, 5.74) is 5.62. The molecule has 3 aromatic rings. The van der Waals surface area contributed by atoms with Crippen LogP contribution < -0.4 is 5.56 Å². The molecule has 1 aromatic heterocycles. The second kappa shape index (κ2) is 6.02. The maximum atomic E-state index is 12.3. The molecule has 0 spiro atoms. The Balaban J connectivity index is 2.05. The fraction of sp³-hybridized carbons (Fsp3) is 0.150. The Morgan fingerprint density at radius 2 is 1.36 bits per heavy atom. The summed E-state index contributed by atoms with van der Waals surface area (Å²) in [4.78, 5) is 12.3. The van der Waals surface area contributed by atoms with Crippen molar-refractivity contribution in [2.75, 3.05) is 0 Å². The van der Waals surface area contributed by atoms with E-state index in [9.17, 15) is 4.79 Å². The number of rotatable bonds is 3. The van der Waals surface area contributed by atoms with Crippen molar-refractivity contribution in [2.24, 2.45) is 0 Å². The van der Waals surface area contributed by atoms with Gasteiger partial charge >= 0.3 is 0 Å². The van der Waals surface area contributed by atoms with E-state index in [1.807, 2.05) is 16.7 Å². The van der Waals surface area contributed by atoms with Gasteiger partial charge in [0.1, 0.15) is 0 Å². The van der Waals surface area contributed by atoms with Crippen LogP contribution in [0.3, 0.4) is 0 Å². The van der Waals surface area contributed by atoms with Gasteiger partial charge in [-0.1, -0.05) is 65.7 Å². The van der Waals surface area contributed by atoms with Gasteiger partial charge < -0.3 is 4.57 Å². The van der Waals surface area contributed by atoms with E-state index < -0.39 is 0 Å². The average molecular weight is 289 g/mol. The largest absolute Gasteiger partial charge is 0.304 e. The lowest BCUT2D eigenvalue weighted by atomic mass is 10.1. The molecule has 2 nitrogen and oxygen atoms in total. The lowest BCUT2D eigenvalue weighted by Crippen LogP contribution is -2.21. The minimum absolute atomic E-state index is 0.0265. The summed E-state index contributed by atoms with van der Waals surface area (Å²) in [6.45, 7) is 4.72. The Hall–Kier alpha value is -2.61. The van der Waals surface area contributed by atoms with Crippen molar-refractivity contribution >= 4 is 0 Å². The zero-order valence-corrected chi connectivity index (χ0v) is 12.9. The van der Waals surface area contributed by atoms with Crippen LogP contribution in [0.15, 0.2) is 71.5 Å². The zero-order chi connectivity index (χ0) is 15.5. The first-order valence-corrected chi connectivity index (χ1v) is 7.46. The normalized spacial score (nSPS) is 10.6. The fourth-order valence-electron chi connectivity index (χ4n) is 2.54. The topological polar surface area (TPSA) is 22.0 Å². The molecule has 2 aromatic carbocycles. The van der Waals surface area contributed by atoms with Crippen molar-refractivity contribution < 1.29 is 0 Å². The maximum Gasteiger partial charge on any atom is 0.251 e. The first-order valence-electron chi connectivity index (χ1n) is 7.46. The number of aromatic nitrogens is 1. The van der Waals surface area contributed by atoms with Crippen molar-refractivity contribution in [3.05, 3.63) is 93.8 Å². The molecule has 1 heterocycles. The number of aryl methyl sites for hydroxylation is 2. The highest BCUT2D eigenvalue weighted by Gasteiger charge is 2.06. The summed E-state index contributed by atoms with van der Waals surface area (Å²) < 4.78 is 1.83. The van der Waals surface area contributed by atoms with E-state index in [1.54, 1.807) is 6.07 Å². The monoisotopic (exact) mass is 289 g/mol. The number of hydrogen-bond donors (Lipinski definition) is 0. The van der Waals surface area contributed by atoms with Gasteiger partial charge in [-0.3, -0.25) is 4.79 Å². The third-order valence-electron chi connectivity index (χ3n) is 3.86. The van der Waals surface area contributed by atoms with Gasteiger partial charge in [0.2, 0.25) is 0 Å². The van der Waals surface area contributed by atoms with Gasteiger partial charge in [-0.15, -0.1) is 0 Å². The first kappa shape index (κ1) is 14.3. The molecule has 0 aliphatic carbocycles. The smallest absolute Gasteiger partial charge is 0.251 e. The van der Waals surface area contributed by atoms with E-state index in [0.717, 1.165) is 16.8 Å². The van der Waals surface area contributed by atoms with Crippen molar-refractivity contribution in [1.82, 2.24) is 4.57 Å². The third-order valence-corrected chi connectivity index (χ3v) is 3.86. The number of nitrogens with zero attached hydrogens (tertiary/aromatic N) is 1. The highest BCUT2D eigenvalue weighted by atomic mass is 16.1. The second-order valence-electron chi connectivity index (χ2n) is 5.69. The van der Waals surface area contributed by atoms with Crippen LogP contribution in [0, 0.1) is 13.8 Å². The predicted octanol–water partition coefficient (Wildman–Crippen LogP) is 4.18. The molecular weight excluding hydrogens is 270 g/mol. The number of pyridine rings is 1. The SMILES string of the molecule is Cc1ccc(Cn2c(-c3ccc(C)cc3)cccc2=O)cc1. The molecule has 0 saturated heterocycles. The van der Waals surface area contributed by atoms with Gasteiger partial charge in [-0.05, 0) is 31.0 Å². The van der Waals surface area contributed by atoms with Crippen LogP contribution in [-0.4, -0.2) is 4.57 Å². The van der Waals surface area contributed by atoms with Crippen molar-refractivity contribution in [2.45, 2.75) is 20.4 Å². The second-order valence-corrected chi connectivity index (χ2v) is 5.69. The Morgan fingerprint density at radius 1 is 0.773 bits per heavy atom. The Bertz CT molecular complexity index is 827. The highest BCUT2D eigenvalue weighted by Crippen LogP contribution is 2.19. The van der Waals surface area contributed by atoms with Gasteiger partial charge in [0, 0.05) is 6.07 Å². The first-order chi connectivity index (χ1) is 10.6. The molecule has 0 radical (unpaired) electrons. The molecule has 0 aliphatic rings. The Kier molecular flexibility index (Phi) is 3.92. The molecule has 2 heteroatoms. The van der Waals surface area contributed by atoms with Crippen LogP contribution >= 0.6 is 0 Å². The number of benzene rings is 2. The standard InChI is InChI=1S/C20H19NO/c1-15-6-10-17(11-7-15)14-21-19(4-3-5-20(21)22)18-12-8-16(2)9-13-18/h3-13H,14H2,1-2H3. The summed E-state index contributed by atoms with van der Waals surface area (Å²) in [6, 6.07) is 22.0. The summed E-state index contributed by atoms with van der Waals surface area (Å²) in [5, 5.41) is 0. The molecule has 0 atom stereocenters. The van der Waals surface area contributed by atoms with Gasteiger partial charge in [0.15, 0.2) is 0 Å². The van der Waals surface area contributed by atoms with Crippen LogP contribution in [0.4, 0.5) is 0 Å². The van der Waals surface area contributed by atoms with E-state index in [0.29, 0.717) is 6.54 Å². The number of hydrogen-bond acceptors (Lipinski definition) is 1. The van der Waals surface area contributed by atoms with E-state index in [1.165, 1.54) is 11.1 Å². The van der Waals surface area contributed by atoms with E-state index >= 15 is 0 Å². The summed E-state index contributed by atoms with van der Waals surface area (Å²) in [6.07, 6.45) is 0. The summed E-state index contributed by atoms with van der Waals surface area (Å²) in [7, 11) is 0. The molecule has 0 saturated carbocycles. The van der Waals surface area contributed by atoms with Gasteiger partial charge in [-0.25, -0.2) is 0 Å². The van der Waals surface area contributed by atoms with E-state index in [2.05, 4.69) is 62.4 Å².